The first-order valence-corrected chi connectivity index (χ1v) is 12.0. The van der Waals surface area contributed by atoms with Gasteiger partial charge in [0.05, 0.1) is 26.3 Å². The number of amides is 1. The number of benzene rings is 1. The SMILES string of the molecule is COc1ccc(-c2nc(CC(=O)NCCCCN3CC(C)CC(C)C3)cs2)cc1OC. The number of ether oxygens (including phenoxy) is 2. The van der Waals surface area contributed by atoms with Crippen LogP contribution in [0.15, 0.2) is 23.6 Å². The van der Waals surface area contributed by atoms with Crippen LogP contribution < -0.4 is 14.8 Å². The molecule has 0 aliphatic carbocycles. The standard InChI is InChI=1S/C24H35N3O3S/c1-17-11-18(2)15-27(14-17)10-6-5-9-25-23(28)13-20-16-31-24(26-20)19-7-8-21(29-3)22(12-19)30-4/h7-8,12,16-18H,5-6,9-11,13-15H2,1-4H3,(H,25,28). The van der Waals surface area contributed by atoms with Crippen LogP contribution in [0, 0.1) is 11.8 Å². The third-order valence-corrected chi connectivity index (χ3v) is 6.63. The Morgan fingerprint density at radius 1 is 1.16 bits per heavy atom. The Balaban J connectivity index is 1.40. The molecule has 1 N–H and O–H groups in total. The number of unbranched alkanes of at least 4 members (excludes halogenated alkanes) is 1. The fourth-order valence-corrected chi connectivity index (χ4v) is 5.20. The largest absolute Gasteiger partial charge is 0.493 e. The number of piperidine rings is 1. The molecule has 3 rings (SSSR count). The highest BCUT2D eigenvalue weighted by molar-refractivity contribution is 7.13. The Morgan fingerprint density at radius 2 is 1.90 bits per heavy atom. The van der Waals surface area contributed by atoms with E-state index < -0.39 is 0 Å². The predicted octanol–water partition coefficient (Wildman–Crippen LogP) is 4.24. The number of methoxy groups -OCH3 is 2. The van der Waals surface area contributed by atoms with Crippen LogP contribution in [-0.4, -0.2) is 56.2 Å². The van der Waals surface area contributed by atoms with Gasteiger partial charge in [-0.1, -0.05) is 13.8 Å². The molecule has 31 heavy (non-hydrogen) atoms. The second-order valence-corrected chi connectivity index (χ2v) is 9.51. The number of carbonyl (C=O) groups excluding carboxylic acids is 1. The topological polar surface area (TPSA) is 63.7 Å². The van der Waals surface area contributed by atoms with E-state index in [2.05, 4.69) is 29.0 Å². The number of carbonyl (C=O) groups is 1. The van der Waals surface area contributed by atoms with Crippen LogP contribution in [0.4, 0.5) is 0 Å². The summed E-state index contributed by atoms with van der Waals surface area (Å²) < 4.78 is 10.7. The molecule has 2 heterocycles. The summed E-state index contributed by atoms with van der Waals surface area (Å²) in [6, 6.07) is 5.73. The van der Waals surface area contributed by atoms with Crippen LogP contribution in [0.1, 0.15) is 38.8 Å². The average molecular weight is 446 g/mol. The Labute approximate surface area is 190 Å². The first-order chi connectivity index (χ1) is 15.0. The Bertz CT molecular complexity index is 844. The minimum atomic E-state index is 0.0318. The zero-order valence-electron chi connectivity index (χ0n) is 19.1. The number of thiazole rings is 1. The second kappa shape index (κ2) is 11.5. The van der Waals surface area contributed by atoms with E-state index in [4.69, 9.17) is 9.47 Å². The van der Waals surface area contributed by atoms with Gasteiger partial charge in [0.25, 0.3) is 0 Å². The Hall–Kier alpha value is -2.12. The third kappa shape index (κ3) is 6.94. The molecule has 1 aromatic carbocycles. The molecule has 0 saturated carbocycles. The molecule has 1 saturated heterocycles. The fraction of sp³-hybridized carbons (Fsp3) is 0.583. The van der Waals surface area contributed by atoms with E-state index in [0.29, 0.717) is 17.9 Å². The maximum absolute atomic E-state index is 12.3. The van der Waals surface area contributed by atoms with Gasteiger partial charge in [0.1, 0.15) is 5.01 Å². The minimum Gasteiger partial charge on any atom is -0.493 e. The molecule has 1 aliphatic heterocycles. The quantitative estimate of drug-likeness (QED) is 0.554. The van der Waals surface area contributed by atoms with Gasteiger partial charge in [0, 0.05) is 30.6 Å². The van der Waals surface area contributed by atoms with Crippen LogP contribution in [-0.2, 0) is 11.2 Å². The smallest absolute Gasteiger partial charge is 0.226 e. The van der Waals surface area contributed by atoms with Gasteiger partial charge in [-0.05, 0) is 55.8 Å². The highest BCUT2D eigenvalue weighted by Crippen LogP contribution is 2.33. The zero-order chi connectivity index (χ0) is 22.2. The van der Waals surface area contributed by atoms with E-state index in [9.17, 15) is 4.79 Å². The molecule has 1 aromatic heterocycles. The third-order valence-electron chi connectivity index (χ3n) is 5.69. The zero-order valence-corrected chi connectivity index (χ0v) is 20.0. The fourth-order valence-electron chi connectivity index (χ4n) is 4.38. The maximum Gasteiger partial charge on any atom is 0.226 e. The van der Waals surface area contributed by atoms with Gasteiger partial charge in [0.15, 0.2) is 11.5 Å². The lowest BCUT2D eigenvalue weighted by Gasteiger charge is -2.34. The van der Waals surface area contributed by atoms with E-state index in [1.54, 1.807) is 14.2 Å². The molecule has 170 valence electrons. The van der Waals surface area contributed by atoms with E-state index in [1.807, 2.05) is 23.6 Å². The molecular formula is C24H35N3O3S. The first-order valence-electron chi connectivity index (χ1n) is 11.1. The molecular weight excluding hydrogens is 410 g/mol. The number of aromatic nitrogens is 1. The summed E-state index contributed by atoms with van der Waals surface area (Å²) in [5.74, 6) is 2.98. The molecule has 0 radical (unpaired) electrons. The number of hydrogen-bond acceptors (Lipinski definition) is 6. The van der Waals surface area contributed by atoms with Gasteiger partial charge in [0.2, 0.25) is 5.91 Å². The lowest BCUT2D eigenvalue weighted by molar-refractivity contribution is -0.120. The number of hydrogen-bond donors (Lipinski definition) is 1. The van der Waals surface area contributed by atoms with E-state index in [-0.39, 0.29) is 5.91 Å². The van der Waals surface area contributed by atoms with Crippen LogP contribution in [0.25, 0.3) is 10.6 Å². The van der Waals surface area contributed by atoms with Crippen molar-refractivity contribution in [3.63, 3.8) is 0 Å². The van der Waals surface area contributed by atoms with Gasteiger partial charge in [-0.15, -0.1) is 11.3 Å². The molecule has 2 atom stereocenters. The number of likely N-dealkylation sites (tertiary alicyclic amines) is 1. The molecule has 6 nitrogen and oxygen atoms in total. The molecule has 0 spiro atoms. The van der Waals surface area contributed by atoms with Crippen LogP contribution in [0.3, 0.4) is 0 Å². The van der Waals surface area contributed by atoms with Crippen molar-refractivity contribution in [2.24, 2.45) is 11.8 Å². The lowest BCUT2D eigenvalue weighted by atomic mass is 9.92. The highest BCUT2D eigenvalue weighted by Gasteiger charge is 2.21. The molecule has 1 fully saturated rings. The highest BCUT2D eigenvalue weighted by atomic mass is 32.1. The van der Waals surface area contributed by atoms with Crippen LogP contribution in [0.5, 0.6) is 11.5 Å². The predicted molar refractivity (Wildman–Crippen MR) is 126 cm³/mol. The van der Waals surface area contributed by atoms with E-state index in [1.165, 1.54) is 30.8 Å². The van der Waals surface area contributed by atoms with E-state index >= 15 is 0 Å². The summed E-state index contributed by atoms with van der Waals surface area (Å²) in [4.78, 5) is 19.5. The summed E-state index contributed by atoms with van der Waals surface area (Å²) in [5, 5.41) is 5.86. The van der Waals surface area contributed by atoms with Crippen LogP contribution >= 0.6 is 11.3 Å². The maximum atomic E-state index is 12.3. The number of nitrogens with one attached hydrogen (secondary N) is 1. The Kier molecular flexibility index (Phi) is 8.72. The molecule has 2 aromatic rings. The number of rotatable bonds is 10. The van der Waals surface area contributed by atoms with Crippen molar-refractivity contribution in [2.75, 3.05) is 40.4 Å². The molecule has 7 heteroatoms. The number of nitrogens with zero attached hydrogens (tertiary/aromatic N) is 2. The van der Waals surface area contributed by atoms with Gasteiger partial charge in [-0.25, -0.2) is 4.98 Å². The first kappa shape index (κ1) is 23.5. The molecule has 2 unspecified atom stereocenters. The van der Waals surface area contributed by atoms with Gasteiger partial charge in [-0.2, -0.15) is 0 Å². The Morgan fingerprint density at radius 3 is 2.61 bits per heavy atom. The van der Waals surface area contributed by atoms with Crippen molar-refractivity contribution in [2.45, 2.75) is 39.5 Å². The average Bonchev–Trinajstić information content (AvgIpc) is 3.20. The van der Waals surface area contributed by atoms with Crippen molar-refractivity contribution in [1.82, 2.24) is 15.2 Å². The monoisotopic (exact) mass is 445 g/mol. The second-order valence-electron chi connectivity index (χ2n) is 8.65. The van der Waals surface area contributed by atoms with E-state index in [0.717, 1.165) is 54.0 Å². The summed E-state index contributed by atoms with van der Waals surface area (Å²) >= 11 is 1.53. The summed E-state index contributed by atoms with van der Waals surface area (Å²) in [6.07, 6.45) is 3.79. The van der Waals surface area contributed by atoms with Crippen molar-refractivity contribution in [3.05, 3.63) is 29.3 Å². The summed E-state index contributed by atoms with van der Waals surface area (Å²) in [5.41, 5.74) is 1.75. The minimum absolute atomic E-state index is 0.0318. The van der Waals surface area contributed by atoms with Crippen molar-refractivity contribution in [3.8, 4) is 22.1 Å². The summed E-state index contributed by atoms with van der Waals surface area (Å²) in [7, 11) is 3.24. The van der Waals surface area contributed by atoms with Crippen molar-refractivity contribution >= 4 is 17.2 Å². The molecule has 1 aliphatic rings. The normalized spacial score (nSPS) is 19.2. The lowest BCUT2D eigenvalue weighted by Crippen LogP contribution is -2.39. The summed E-state index contributed by atoms with van der Waals surface area (Å²) in [6.45, 7) is 8.97. The van der Waals surface area contributed by atoms with Gasteiger partial charge >= 0.3 is 0 Å². The van der Waals surface area contributed by atoms with Crippen LogP contribution in [0.2, 0.25) is 0 Å². The molecule has 1 amide bonds. The van der Waals surface area contributed by atoms with Gasteiger partial charge in [-0.3, -0.25) is 4.79 Å². The van der Waals surface area contributed by atoms with Crippen molar-refractivity contribution < 1.29 is 14.3 Å². The van der Waals surface area contributed by atoms with Crippen molar-refractivity contribution in [1.29, 1.82) is 0 Å². The molecule has 0 bridgehead atoms. The van der Waals surface area contributed by atoms with Gasteiger partial charge < -0.3 is 19.7 Å².